The molecular formula is C10H21BrO2S. The molecule has 0 spiro atoms. The predicted octanol–water partition coefficient (Wildman–Crippen LogP) is 3.85. The smallest absolute Gasteiger partial charge is 0.209 e. The summed E-state index contributed by atoms with van der Waals surface area (Å²) in [5.74, 6) is 0.280. The molecule has 0 aromatic rings. The van der Waals surface area contributed by atoms with E-state index in [0.29, 0.717) is 0 Å². The van der Waals surface area contributed by atoms with E-state index in [1.165, 1.54) is 38.5 Å². The van der Waals surface area contributed by atoms with Gasteiger partial charge in [0.15, 0.2) is 0 Å². The molecule has 0 saturated heterocycles. The normalized spacial score (nSPS) is 11.9. The fraction of sp³-hybridized carbons (Fsp3) is 1.00. The first-order valence-corrected chi connectivity index (χ1v) is 8.98. The first kappa shape index (κ1) is 14.4. The topological polar surface area (TPSA) is 34.1 Å². The lowest BCUT2D eigenvalue weighted by atomic mass is 10.1. The maximum atomic E-state index is 10.7. The van der Waals surface area contributed by atoms with Gasteiger partial charge in [-0.3, -0.25) is 0 Å². The standard InChI is InChI=1S/C10H21BrO2S/c1-2-3-4-5-6-7-8-9-10-14(11,12)13/h2-10H2,1H3. The Morgan fingerprint density at radius 2 is 1.29 bits per heavy atom. The van der Waals surface area contributed by atoms with Crippen molar-refractivity contribution >= 4 is 23.1 Å². The van der Waals surface area contributed by atoms with E-state index in [1.54, 1.807) is 0 Å². The largest absolute Gasteiger partial charge is 0.217 e. The second kappa shape index (κ2) is 8.72. The van der Waals surface area contributed by atoms with Gasteiger partial charge in [0.1, 0.15) is 0 Å². The Kier molecular flexibility index (Phi) is 8.98. The van der Waals surface area contributed by atoms with Crippen LogP contribution in [-0.4, -0.2) is 14.2 Å². The van der Waals surface area contributed by atoms with Crippen LogP contribution in [0.5, 0.6) is 0 Å². The van der Waals surface area contributed by atoms with Gasteiger partial charge in [-0.2, -0.15) is 0 Å². The van der Waals surface area contributed by atoms with Crippen molar-refractivity contribution in [1.29, 1.82) is 0 Å². The van der Waals surface area contributed by atoms with Crippen LogP contribution in [0.2, 0.25) is 0 Å². The van der Waals surface area contributed by atoms with Crippen molar-refractivity contribution in [2.75, 3.05) is 5.75 Å². The number of halogens is 1. The molecule has 0 atom stereocenters. The van der Waals surface area contributed by atoms with E-state index in [2.05, 4.69) is 21.7 Å². The van der Waals surface area contributed by atoms with E-state index < -0.39 is 8.27 Å². The molecule has 0 N–H and O–H groups in total. The van der Waals surface area contributed by atoms with Crippen molar-refractivity contribution in [3.63, 3.8) is 0 Å². The molecule has 0 aliphatic heterocycles. The molecule has 86 valence electrons. The molecular weight excluding hydrogens is 264 g/mol. The van der Waals surface area contributed by atoms with Gasteiger partial charge in [0, 0.05) is 0 Å². The minimum Gasteiger partial charge on any atom is -0.217 e. The molecule has 0 bridgehead atoms. The summed E-state index contributed by atoms with van der Waals surface area (Å²) >= 11 is 2.65. The number of rotatable bonds is 9. The van der Waals surface area contributed by atoms with Crippen molar-refractivity contribution in [2.24, 2.45) is 0 Å². The highest BCUT2D eigenvalue weighted by Crippen LogP contribution is 2.10. The highest BCUT2D eigenvalue weighted by atomic mass is 79.9. The highest BCUT2D eigenvalue weighted by molar-refractivity contribution is 9.47. The lowest BCUT2D eigenvalue weighted by Gasteiger charge is -2.00. The Balaban J connectivity index is 3.07. The second-order valence-corrected chi connectivity index (χ2v) is 8.16. The maximum absolute atomic E-state index is 10.7. The molecule has 0 heterocycles. The molecule has 0 rings (SSSR count). The molecule has 0 aliphatic rings. The predicted molar refractivity (Wildman–Crippen MR) is 65.3 cm³/mol. The van der Waals surface area contributed by atoms with E-state index in [9.17, 15) is 8.42 Å². The van der Waals surface area contributed by atoms with E-state index in [1.807, 2.05) is 0 Å². The summed E-state index contributed by atoms with van der Waals surface area (Å²) in [7, 11) is -2.91. The van der Waals surface area contributed by atoms with Gasteiger partial charge < -0.3 is 0 Å². The van der Waals surface area contributed by atoms with Crippen molar-refractivity contribution in [3.8, 4) is 0 Å². The lowest BCUT2D eigenvalue weighted by Crippen LogP contribution is -1.95. The first-order chi connectivity index (χ1) is 6.56. The second-order valence-electron chi connectivity index (χ2n) is 3.72. The van der Waals surface area contributed by atoms with Gasteiger partial charge in [-0.25, -0.2) is 8.42 Å². The third-order valence-corrected chi connectivity index (χ3v) is 3.99. The van der Waals surface area contributed by atoms with Gasteiger partial charge >= 0.3 is 0 Å². The molecule has 0 fully saturated rings. The minimum absolute atomic E-state index is 0.280. The van der Waals surface area contributed by atoms with Crippen molar-refractivity contribution in [1.82, 2.24) is 0 Å². The van der Waals surface area contributed by atoms with Crippen molar-refractivity contribution in [2.45, 2.75) is 58.3 Å². The fourth-order valence-corrected chi connectivity index (χ4v) is 2.64. The summed E-state index contributed by atoms with van der Waals surface area (Å²) in [5, 5.41) is 0. The average molecular weight is 285 g/mol. The van der Waals surface area contributed by atoms with Crippen LogP contribution in [0, 0.1) is 0 Å². The Hall–Kier alpha value is 0.430. The van der Waals surface area contributed by atoms with Gasteiger partial charge in [-0.05, 0) is 6.42 Å². The van der Waals surface area contributed by atoms with Crippen LogP contribution in [0.3, 0.4) is 0 Å². The third-order valence-electron chi connectivity index (χ3n) is 2.24. The summed E-state index contributed by atoms with van der Waals surface area (Å²) in [5.41, 5.74) is 0. The maximum Gasteiger partial charge on any atom is 0.209 e. The lowest BCUT2D eigenvalue weighted by molar-refractivity contribution is 0.578. The molecule has 0 unspecified atom stereocenters. The number of hydrogen-bond donors (Lipinski definition) is 0. The molecule has 0 saturated carbocycles. The Labute approximate surface area is 95.6 Å². The zero-order chi connectivity index (χ0) is 10.9. The minimum atomic E-state index is -2.91. The van der Waals surface area contributed by atoms with Crippen molar-refractivity contribution < 1.29 is 8.42 Å². The van der Waals surface area contributed by atoms with Crippen molar-refractivity contribution in [3.05, 3.63) is 0 Å². The summed E-state index contributed by atoms with van der Waals surface area (Å²) in [6.45, 7) is 2.21. The molecule has 4 heteroatoms. The molecule has 14 heavy (non-hydrogen) atoms. The summed E-state index contributed by atoms with van der Waals surface area (Å²) < 4.78 is 21.4. The van der Waals surface area contributed by atoms with Crippen LogP contribution < -0.4 is 0 Å². The Bertz CT molecular complexity index is 212. The first-order valence-electron chi connectivity index (χ1n) is 5.48. The SMILES string of the molecule is CCCCCCCCCCS(=O)(=O)Br. The molecule has 0 radical (unpaired) electrons. The number of unbranched alkanes of at least 4 members (excludes halogenated alkanes) is 7. The van der Waals surface area contributed by atoms with Crippen LogP contribution in [0.25, 0.3) is 0 Å². The average Bonchev–Trinajstić information content (AvgIpc) is 2.08. The van der Waals surface area contributed by atoms with Gasteiger partial charge in [0.2, 0.25) is 8.27 Å². The van der Waals surface area contributed by atoms with E-state index in [4.69, 9.17) is 0 Å². The zero-order valence-electron chi connectivity index (χ0n) is 8.97. The van der Waals surface area contributed by atoms with Crippen LogP contribution in [0.4, 0.5) is 0 Å². The zero-order valence-corrected chi connectivity index (χ0v) is 11.4. The molecule has 0 aromatic heterocycles. The Morgan fingerprint density at radius 3 is 1.71 bits per heavy atom. The van der Waals surface area contributed by atoms with Gasteiger partial charge in [0.25, 0.3) is 0 Å². The molecule has 0 aromatic carbocycles. The summed E-state index contributed by atoms with van der Waals surface area (Å²) in [6, 6.07) is 0. The van der Waals surface area contributed by atoms with Gasteiger partial charge in [-0.1, -0.05) is 51.9 Å². The molecule has 2 nitrogen and oxygen atoms in total. The van der Waals surface area contributed by atoms with Gasteiger partial charge in [-0.15, -0.1) is 0 Å². The Morgan fingerprint density at radius 1 is 0.857 bits per heavy atom. The number of hydrogen-bond acceptors (Lipinski definition) is 2. The quantitative estimate of drug-likeness (QED) is 0.476. The van der Waals surface area contributed by atoms with E-state index in [0.717, 1.165) is 12.8 Å². The summed E-state index contributed by atoms with van der Waals surface area (Å²) in [4.78, 5) is 0. The highest BCUT2D eigenvalue weighted by Gasteiger charge is 2.02. The van der Waals surface area contributed by atoms with E-state index in [-0.39, 0.29) is 5.75 Å². The van der Waals surface area contributed by atoms with Crippen LogP contribution in [0.15, 0.2) is 0 Å². The monoisotopic (exact) mass is 284 g/mol. The third kappa shape index (κ3) is 12.4. The summed E-state index contributed by atoms with van der Waals surface area (Å²) in [6.07, 6.45) is 9.49. The van der Waals surface area contributed by atoms with Crippen LogP contribution >= 0.6 is 14.8 Å². The van der Waals surface area contributed by atoms with Crippen LogP contribution in [0.1, 0.15) is 58.3 Å². The van der Waals surface area contributed by atoms with Crippen LogP contribution in [-0.2, 0) is 8.27 Å². The van der Waals surface area contributed by atoms with Gasteiger partial charge in [0.05, 0.1) is 20.6 Å². The molecule has 0 amide bonds. The van der Waals surface area contributed by atoms with E-state index >= 15 is 0 Å². The molecule has 0 aliphatic carbocycles. The fourth-order valence-electron chi connectivity index (χ4n) is 1.41.